The molecule has 1 heterocycles. The fourth-order valence-electron chi connectivity index (χ4n) is 5.98. The van der Waals surface area contributed by atoms with Gasteiger partial charge in [0.2, 0.25) is 5.91 Å². The highest BCUT2D eigenvalue weighted by Gasteiger charge is 2.33. The molecule has 5 rings (SSSR count). The topological polar surface area (TPSA) is 71.8 Å². The zero-order chi connectivity index (χ0) is 27.4. The normalized spacial score (nSPS) is 14.9. The Balaban J connectivity index is 1.46. The number of carbonyl (C=O) groups is 2. The third-order valence-electron chi connectivity index (χ3n) is 7.78. The van der Waals surface area contributed by atoms with Gasteiger partial charge in [0.05, 0.1) is 6.61 Å². The molecule has 0 fully saturated rings. The first kappa shape index (κ1) is 26.6. The second-order valence-electron chi connectivity index (χ2n) is 10.1. The summed E-state index contributed by atoms with van der Waals surface area (Å²) in [5, 5.41) is 10.2. The number of hydrogen-bond donors (Lipinski definition) is 1. The SMILES string of the molecule is COCCN(C(=O)CC(c1ccccc1)c1ccccc1)C1CCc2c(c3cc(F)ccc3n2CC(=O)O)C1. The van der Waals surface area contributed by atoms with E-state index >= 15 is 0 Å². The smallest absolute Gasteiger partial charge is 0.323 e. The Bertz CT molecular complexity index is 1410. The van der Waals surface area contributed by atoms with Crippen molar-refractivity contribution in [2.45, 2.75) is 44.2 Å². The number of carbonyl (C=O) groups excluding carboxylic acids is 1. The number of halogens is 1. The van der Waals surface area contributed by atoms with Gasteiger partial charge in [-0.05, 0) is 54.2 Å². The Kier molecular flexibility index (Phi) is 8.07. The lowest BCUT2D eigenvalue weighted by Crippen LogP contribution is -2.45. The van der Waals surface area contributed by atoms with Crippen LogP contribution in [0.3, 0.4) is 0 Å². The van der Waals surface area contributed by atoms with Crippen molar-refractivity contribution in [2.75, 3.05) is 20.3 Å². The zero-order valence-corrected chi connectivity index (χ0v) is 22.1. The molecule has 3 aromatic carbocycles. The molecule has 0 aliphatic heterocycles. The second kappa shape index (κ2) is 11.8. The van der Waals surface area contributed by atoms with E-state index in [2.05, 4.69) is 24.3 Å². The van der Waals surface area contributed by atoms with Crippen LogP contribution in [-0.2, 0) is 33.7 Å². The molecular formula is C32H33FN2O4. The maximum atomic E-state index is 14.3. The predicted molar refractivity (Wildman–Crippen MR) is 148 cm³/mol. The Morgan fingerprint density at radius 1 is 1.05 bits per heavy atom. The van der Waals surface area contributed by atoms with Crippen LogP contribution in [0.25, 0.3) is 10.9 Å². The molecule has 1 aromatic heterocycles. The van der Waals surface area contributed by atoms with Crippen LogP contribution in [0.5, 0.6) is 0 Å². The molecule has 39 heavy (non-hydrogen) atoms. The van der Waals surface area contributed by atoms with E-state index in [4.69, 9.17) is 4.74 Å². The number of rotatable bonds is 10. The number of fused-ring (bicyclic) bond motifs is 3. The number of hydrogen-bond acceptors (Lipinski definition) is 3. The highest BCUT2D eigenvalue weighted by atomic mass is 19.1. The molecule has 1 atom stereocenters. The summed E-state index contributed by atoms with van der Waals surface area (Å²) >= 11 is 0. The fourth-order valence-corrected chi connectivity index (χ4v) is 5.98. The van der Waals surface area contributed by atoms with Gasteiger partial charge in [-0.3, -0.25) is 9.59 Å². The van der Waals surface area contributed by atoms with E-state index < -0.39 is 5.97 Å². The summed E-state index contributed by atoms with van der Waals surface area (Å²) in [6, 6.07) is 24.6. The van der Waals surface area contributed by atoms with Crippen molar-refractivity contribution < 1.29 is 23.8 Å². The lowest BCUT2D eigenvalue weighted by Gasteiger charge is -2.36. The summed E-state index contributed by atoms with van der Waals surface area (Å²) in [7, 11) is 1.63. The highest BCUT2D eigenvalue weighted by molar-refractivity contribution is 5.87. The molecule has 7 heteroatoms. The monoisotopic (exact) mass is 528 g/mol. The summed E-state index contributed by atoms with van der Waals surface area (Å²) in [5.74, 6) is -1.35. The van der Waals surface area contributed by atoms with Gasteiger partial charge < -0.3 is 19.3 Å². The van der Waals surface area contributed by atoms with E-state index in [0.29, 0.717) is 44.4 Å². The Morgan fingerprint density at radius 3 is 2.33 bits per heavy atom. The van der Waals surface area contributed by atoms with Crippen molar-refractivity contribution in [1.29, 1.82) is 0 Å². The molecule has 0 saturated carbocycles. The molecule has 4 aromatic rings. The van der Waals surface area contributed by atoms with Gasteiger partial charge >= 0.3 is 5.97 Å². The minimum absolute atomic E-state index is 0.0404. The van der Waals surface area contributed by atoms with Gasteiger partial charge in [0.15, 0.2) is 0 Å². The van der Waals surface area contributed by atoms with E-state index in [9.17, 15) is 19.1 Å². The van der Waals surface area contributed by atoms with Crippen LogP contribution in [0.4, 0.5) is 4.39 Å². The molecule has 1 amide bonds. The average molecular weight is 529 g/mol. The molecule has 1 unspecified atom stereocenters. The lowest BCUT2D eigenvalue weighted by molar-refractivity contribution is -0.137. The molecule has 202 valence electrons. The Labute approximate surface area is 227 Å². The van der Waals surface area contributed by atoms with Crippen LogP contribution in [0.15, 0.2) is 78.9 Å². The van der Waals surface area contributed by atoms with Crippen LogP contribution < -0.4 is 0 Å². The standard InChI is InChI=1S/C32H33FN2O4/c1-39-17-16-34(31(36)20-26(22-8-4-2-5-9-22)23-10-6-3-7-11-23)25-13-15-30-28(19-25)27-18-24(33)12-14-29(27)35(30)21-32(37)38/h2-12,14,18,25-26H,13,15-17,19-21H2,1H3,(H,37,38). The fraction of sp³-hybridized carbons (Fsp3) is 0.312. The number of carboxylic acid groups (broad SMARTS) is 1. The minimum Gasteiger partial charge on any atom is -0.480 e. The van der Waals surface area contributed by atoms with Gasteiger partial charge in [-0.25, -0.2) is 4.39 Å². The molecule has 0 bridgehead atoms. The van der Waals surface area contributed by atoms with E-state index in [0.717, 1.165) is 27.8 Å². The zero-order valence-electron chi connectivity index (χ0n) is 22.1. The van der Waals surface area contributed by atoms with Gasteiger partial charge in [0, 0.05) is 48.6 Å². The maximum absolute atomic E-state index is 14.3. The largest absolute Gasteiger partial charge is 0.480 e. The van der Waals surface area contributed by atoms with Gasteiger partial charge in [0.1, 0.15) is 12.4 Å². The molecule has 1 aliphatic rings. The lowest BCUT2D eigenvalue weighted by atomic mass is 9.86. The Hall–Kier alpha value is -3.97. The van der Waals surface area contributed by atoms with Gasteiger partial charge in [-0.1, -0.05) is 60.7 Å². The number of ether oxygens (including phenoxy) is 1. The van der Waals surface area contributed by atoms with Crippen molar-refractivity contribution in [2.24, 2.45) is 0 Å². The summed E-state index contributed by atoms with van der Waals surface area (Å²) < 4.78 is 21.4. The average Bonchev–Trinajstić information content (AvgIpc) is 3.24. The highest BCUT2D eigenvalue weighted by Crippen LogP contribution is 2.35. The van der Waals surface area contributed by atoms with E-state index in [1.54, 1.807) is 17.7 Å². The first-order valence-electron chi connectivity index (χ1n) is 13.4. The van der Waals surface area contributed by atoms with Crippen molar-refractivity contribution in [3.05, 3.63) is 107 Å². The van der Waals surface area contributed by atoms with E-state index in [-0.39, 0.29) is 30.2 Å². The molecule has 0 spiro atoms. The minimum atomic E-state index is -0.939. The quantitative estimate of drug-likeness (QED) is 0.298. The number of methoxy groups -OCH3 is 1. The van der Waals surface area contributed by atoms with Crippen LogP contribution in [0.1, 0.15) is 41.1 Å². The van der Waals surface area contributed by atoms with Crippen LogP contribution >= 0.6 is 0 Å². The number of nitrogens with zero attached hydrogens (tertiary/aromatic N) is 2. The first-order chi connectivity index (χ1) is 19.0. The van der Waals surface area contributed by atoms with Gasteiger partial charge in [0.25, 0.3) is 0 Å². The molecule has 0 saturated heterocycles. The molecule has 0 radical (unpaired) electrons. The maximum Gasteiger partial charge on any atom is 0.323 e. The van der Waals surface area contributed by atoms with Crippen molar-refractivity contribution in [3.63, 3.8) is 0 Å². The van der Waals surface area contributed by atoms with Crippen LogP contribution in [0.2, 0.25) is 0 Å². The number of aromatic nitrogens is 1. The Morgan fingerprint density at radius 2 is 1.72 bits per heavy atom. The number of benzene rings is 3. The molecular weight excluding hydrogens is 495 g/mol. The first-order valence-corrected chi connectivity index (χ1v) is 13.4. The van der Waals surface area contributed by atoms with Gasteiger partial charge in [-0.15, -0.1) is 0 Å². The van der Waals surface area contributed by atoms with E-state index in [1.165, 1.54) is 12.1 Å². The summed E-state index contributed by atoms with van der Waals surface area (Å²) in [4.78, 5) is 27.6. The number of amides is 1. The third kappa shape index (κ3) is 5.73. The van der Waals surface area contributed by atoms with E-state index in [1.807, 2.05) is 41.3 Å². The van der Waals surface area contributed by atoms with Crippen LogP contribution in [-0.4, -0.2) is 52.8 Å². The van der Waals surface area contributed by atoms with Gasteiger partial charge in [-0.2, -0.15) is 0 Å². The van der Waals surface area contributed by atoms with Crippen molar-refractivity contribution >= 4 is 22.8 Å². The summed E-state index contributed by atoms with van der Waals surface area (Å²) in [5.41, 5.74) is 4.73. The molecule has 6 nitrogen and oxygen atoms in total. The van der Waals surface area contributed by atoms with Crippen LogP contribution in [0, 0.1) is 5.82 Å². The summed E-state index contributed by atoms with van der Waals surface area (Å²) in [6.45, 7) is 0.684. The van der Waals surface area contributed by atoms with Crippen molar-refractivity contribution in [1.82, 2.24) is 9.47 Å². The third-order valence-corrected chi connectivity index (χ3v) is 7.78. The molecule has 1 aliphatic carbocycles. The number of aliphatic carboxylic acids is 1. The van der Waals surface area contributed by atoms with Crippen molar-refractivity contribution in [3.8, 4) is 0 Å². The number of carboxylic acids is 1. The molecule has 1 N–H and O–H groups in total. The predicted octanol–water partition coefficient (Wildman–Crippen LogP) is 5.42. The second-order valence-corrected chi connectivity index (χ2v) is 10.1. The summed E-state index contributed by atoms with van der Waals surface area (Å²) in [6.07, 6.45) is 2.17.